The molecular weight excluding hydrogens is 320 g/mol. The molecule has 3 heteroatoms. The minimum Gasteiger partial charge on any atom is -0.252 e. The van der Waals surface area contributed by atoms with Crippen molar-refractivity contribution < 1.29 is 0 Å². The lowest BCUT2D eigenvalue weighted by molar-refractivity contribution is 1.14. The van der Waals surface area contributed by atoms with Gasteiger partial charge in [0.2, 0.25) is 0 Å². The molecule has 1 nitrogen and oxygen atoms in total. The van der Waals surface area contributed by atoms with E-state index in [9.17, 15) is 0 Å². The molecule has 0 bridgehead atoms. The molecule has 0 unspecified atom stereocenters. The third-order valence-electron chi connectivity index (χ3n) is 2.50. The van der Waals surface area contributed by atoms with Crippen molar-refractivity contribution >= 4 is 45.1 Å². The van der Waals surface area contributed by atoms with Crippen molar-refractivity contribution in [3.63, 3.8) is 0 Å². The molecule has 0 saturated heterocycles. The molecule has 15 heavy (non-hydrogen) atoms. The van der Waals surface area contributed by atoms with Crippen molar-refractivity contribution in [2.24, 2.45) is 0 Å². The number of aryl methyl sites for hydroxylation is 2. The first-order chi connectivity index (χ1) is 7.13. The number of benzene rings is 1. The highest BCUT2D eigenvalue weighted by Gasteiger charge is 2.08. The molecule has 0 saturated carbocycles. The molecule has 0 aliphatic carbocycles. The first-order valence-corrected chi connectivity index (χ1v) is 6.33. The van der Waals surface area contributed by atoms with Gasteiger partial charge in [-0.25, -0.2) is 0 Å². The van der Waals surface area contributed by atoms with Gasteiger partial charge in [-0.2, -0.15) is 0 Å². The molecule has 78 valence electrons. The van der Waals surface area contributed by atoms with Gasteiger partial charge in [0.05, 0.1) is 19.8 Å². The first kappa shape index (κ1) is 11.1. The van der Waals surface area contributed by atoms with Crippen LogP contribution in [0.5, 0.6) is 0 Å². The Bertz CT molecular complexity index is 523. The van der Waals surface area contributed by atoms with Crippen LogP contribution in [0.25, 0.3) is 10.9 Å². The summed E-state index contributed by atoms with van der Waals surface area (Å²) in [6, 6.07) is 6.29. The Morgan fingerprint density at radius 2 is 2.13 bits per heavy atom. The molecule has 1 aromatic heterocycles. The maximum absolute atomic E-state index is 6.31. The molecule has 2 aromatic rings. The van der Waals surface area contributed by atoms with E-state index in [4.69, 9.17) is 11.6 Å². The van der Waals surface area contributed by atoms with Gasteiger partial charge in [-0.05, 0) is 53.6 Å². The van der Waals surface area contributed by atoms with Crippen LogP contribution in [0.1, 0.15) is 18.2 Å². The van der Waals surface area contributed by atoms with E-state index >= 15 is 0 Å². The summed E-state index contributed by atoms with van der Waals surface area (Å²) < 4.78 is 1.05. The Hall–Kier alpha value is -0.350. The van der Waals surface area contributed by atoms with Crippen molar-refractivity contribution in [3.05, 3.63) is 38.0 Å². The maximum Gasteiger partial charge on any atom is 0.0721 e. The Balaban J connectivity index is 2.81. The molecule has 1 aromatic carbocycles. The fourth-order valence-electron chi connectivity index (χ4n) is 1.58. The van der Waals surface area contributed by atoms with Gasteiger partial charge < -0.3 is 0 Å². The summed E-state index contributed by atoms with van der Waals surface area (Å²) >= 11 is 8.56. The number of aromatic nitrogens is 1. The molecular formula is C12H11ClIN. The Kier molecular flexibility index (Phi) is 3.16. The van der Waals surface area contributed by atoms with Crippen molar-refractivity contribution in [2.75, 3.05) is 0 Å². The van der Waals surface area contributed by atoms with Gasteiger partial charge >= 0.3 is 0 Å². The molecule has 0 radical (unpaired) electrons. The quantitative estimate of drug-likeness (QED) is 0.707. The van der Waals surface area contributed by atoms with Gasteiger partial charge in [-0.1, -0.05) is 24.6 Å². The second kappa shape index (κ2) is 4.26. The average molecular weight is 332 g/mol. The lowest BCUT2D eigenvalue weighted by Gasteiger charge is -2.07. The Morgan fingerprint density at radius 1 is 1.40 bits per heavy atom. The zero-order chi connectivity index (χ0) is 11.0. The highest BCUT2D eigenvalue weighted by molar-refractivity contribution is 14.1. The van der Waals surface area contributed by atoms with Crippen LogP contribution in [-0.4, -0.2) is 4.98 Å². The van der Waals surface area contributed by atoms with E-state index in [2.05, 4.69) is 46.6 Å². The number of hydrogen-bond acceptors (Lipinski definition) is 1. The lowest BCUT2D eigenvalue weighted by atomic mass is 10.1. The monoisotopic (exact) mass is 331 g/mol. The van der Waals surface area contributed by atoms with E-state index in [-0.39, 0.29) is 0 Å². The molecule has 2 rings (SSSR count). The van der Waals surface area contributed by atoms with E-state index in [1.807, 2.05) is 13.0 Å². The van der Waals surface area contributed by atoms with E-state index < -0.39 is 0 Å². The van der Waals surface area contributed by atoms with Gasteiger partial charge in [0.25, 0.3) is 0 Å². The molecule has 0 amide bonds. The molecule has 0 aliphatic rings. The van der Waals surface area contributed by atoms with Gasteiger partial charge in [0, 0.05) is 5.39 Å². The minimum absolute atomic E-state index is 0.827. The minimum atomic E-state index is 0.827. The zero-order valence-electron chi connectivity index (χ0n) is 8.64. The van der Waals surface area contributed by atoms with Crippen LogP contribution < -0.4 is 0 Å². The molecule has 1 heterocycles. The lowest BCUT2D eigenvalue weighted by Crippen LogP contribution is -1.91. The predicted octanol–water partition coefficient (Wildman–Crippen LogP) is 4.36. The molecule has 0 atom stereocenters. The average Bonchev–Trinajstić information content (AvgIpc) is 2.26. The van der Waals surface area contributed by atoms with Gasteiger partial charge in [0.15, 0.2) is 0 Å². The third-order valence-corrected chi connectivity index (χ3v) is 4.54. The molecule has 0 spiro atoms. The Morgan fingerprint density at radius 3 is 2.80 bits per heavy atom. The van der Waals surface area contributed by atoms with Crippen LogP contribution in [0.2, 0.25) is 5.02 Å². The number of nitrogens with zero attached hydrogens (tertiary/aromatic N) is 1. The first-order valence-electron chi connectivity index (χ1n) is 4.87. The predicted molar refractivity (Wildman–Crippen MR) is 73.6 cm³/mol. The fourth-order valence-corrected chi connectivity index (χ4v) is 2.28. The van der Waals surface area contributed by atoms with Crippen molar-refractivity contribution in [1.29, 1.82) is 0 Å². The summed E-state index contributed by atoms with van der Waals surface area (Å²) in [4.78, 5) is 4.52. The largest absolute Gasteiger partial charge is 0.252 e. The van der Waals surface area contributed by atoms with Crippen LogP contribution in [0.3, 0.4) is 0 Å². The number of pyridine rings is 1. The van der Waals surface area contributed by atoms with Gasteiger partial charge in [-0.15, -0.1) is 0 Å². The second-order valence-electron chi connectivity index (χ2n) is 3.53. The second-order valence-corrected chi connectivity index (χ2v) is 4.99. The summed E-state index contributed by atoms with van der Waals surface area (Å²) in [5, 5.41) is 1.89. The molecule has 0 fully saturated rings. The number of rotatable bonds is 1. The van der Waals surface area contributed by atoms with Crippen LogP contribution in [0.4, 0.5) is 0 Å². The molecule has 0 N–H and O–H groups in total. The summed E-state index contributed by atoms with van der Waals surface area (Å²) in [5.41, 5.74) is 3.28. The SMILES string of the molecule is CCc1ccc2nc(C)c(I)c(Cl)c2c1. The zero-order valence-corrected chi connectivity index (χ0v) is 11.6. The highest BCUT2D eigenvalue weighted by atomic mass is 127. The summed E-state index contributed by atoms with van der Waals surface area (Å²) in [7, 11) is 0. The standard InChI is InChI=1S/C12H11ClIN/c1-3-8-4-5-10-9(6-8)11(13)12(14)7(2)15-10/h4-6H,3H2,1-2H3. The van der Waals surface area contributed by atoms with Crippen LogP contribution in [0.15, 0.2) is 18.2 Å². The van der Waals surface area contributed by atoms with Crippen molar-refractivity contribution in [2.45, 2.75) is 20.3 Å². The van der Waals surface area contributed by atoms with Crippen LogP contribution in [0, 0.1) is 10.5 Å². The number of hydrogen-bond donors (Lipinski definition) is 0. The van der Waals surface area contributed by atoms with Crippen molar-refractivity contribution in [3.8, 4) is 0 Å². The molecule has 0 aliphatic heterocycles. The van der Waals surface area contributed by atoms with E-state index in [0.29, 0.717) is 0 Å². The maximum atomic E-state index is 6.31. The van der Waals surface area contributed by atoms with Gasteiger partial charge in [-0.3, -0.25) is 4.98 Å². The number of halogens is 2. The normalized spacial score (nSPS) is 10.9. The summed E-state index contributed by atoms with van der Waals surface area (Å²) in [6.45, 7) is 4.13. The van der Waals surface area contributed by atoms with E-state index in [1.165, 1.54) is 5.56 Å². The van der Waals surface area contributed by atoms with Crippen LogP contribution >= 0.6 is 34.2 Å². The fraction of sp³-hybridized carbons (Fsp3) is 0.250. The summed E-state index contributed by atoms with van der Waals surface area (Å²) in [6.07, 6.45) is 1.02. The Labute approximate surface area is 108 Å². The summed E-state index contributed by atoms with van der Waals surface area (Å²) in [5.74, 6) is 0. The number of fused-ring (bicyclic) bond motifs is 1. The highest BCUT2D eigenvalue weighted by Crippen LogP contribution is 2.29. The third kappa shape index (κ3) is 1.97. The van der Waals surface area contributed by atoms with Crippen molar-refractivity contribution in [1.82, 2.24) is 4.98 Å². The van der Waals surface area contributed by atoms with E-state index in [0.717, 1.165) is 31.6 Å². The smallest absolute Gasteiger partial charge is 0.0721 e. The van der Waals surface area contributed by atoms with Crippen LogP contribution in [-0.2, 0) is 6.42 Å². The topological polar surface area (TPSA) is 12.9 Å². The van der Waals surface area contributed by atoms with E-state index in [1.54, 1.807) is 0 Å². The van der Waals surface area contributed by atoms with Gasteiger partial charge in [0.1, 0.15) is 0 Å².